The van der Waals surface area contributed by atoms with Crippen LogP contribution in [-0.2, 0) is 14.4 Å². The highest BCUT2D eigenvalue weighted by molar-refractivity contribution is 6.01. The molecule has 106 valence electrons. The fraction of sp³-hybridized carbons (Fsp3) is 0.308. The zero-order chi connectivity index (χ0) is 14.5. The Morgan fingerprint density at radius 2 is 2.25 bits per heavy atom. The summed E-state index contributed by atoms with van der Waals surface area (Å²) < 4.78 is 5.26. The Labute approximate surface area is 115 Å². The molecule has 2 rings (SSSR count). The van der Waals surface area contributed by atoms with E-state index in [2.05, 4.69) is 10.6 Å². The first kappa shape index (κ1) is 13.9. The molecule has 7 heteroatoms. The second kappa shape index (κ2) is 6.05. The number of carbonyl (C=O) groups is 3. The number of amides is 3. The number of nitrogen functional groups attached to an aromatic ring is 1. The number of hydrogen-bond acceptors (Lipinski definition) is 5. The Bertz CT molecular complexity index is 544. The van der Waals surface area contributed by atoms with Gasteiger partial charge in [0, 0.05) is 18.2 Å². The van der Waals surface area contributed by atoms with Crippen molar-refractivity contribution in [2.24, 2.45) is 0 Å². The predicted octanol–water partition coefficient (Wildman–Crippen LogP) is -0.431. The topological polar surface area (TPSA) is 111 Å². The third-order valence-electron chi connectivity index (χ3n) is 2.80. The van der Waals surface area contributed by atoms with Crippen LogP contribution in [0.2, 0.25) is 0 Å². The minimum atomic E-state index is -0.690. The van der Waals surface area contributed by atoms with Gasteiger partial charge in [0.1, 0.15) is 11.8 Å². The second-order valence-electron chi connectivity index (χ2n) is 4.43. The monoisotopic (exact) mass is 277 g/mol. The molecule has 1 aliphatic heterocycles. The Hall–Kier alpha value is -2.57. The minimum absolute atomic E-state index is 0.215. The molecular formula is C13H15N3O4. The molecule has 4 N–H and O–H groups in total. The molecule has 3 amide bonds. The van der Waals surface area contributed by atoms with Gasteiger partial charge >= 0.3 is 0 Å². The van der Waals surface area contributed by atoms with Crippen molar-refractivity contribution < 1.29 is 19.1 Å². The number of nitrogens with two attached hydrogens (primary N) is 1. The lowest BCUT2D eigenvalue weighted by molar-refractivity contribution is -0.137. The van der Waals surface area contributed by atoms with Crippen molar-refractivity contribution in [2.45, 2.75) is 18.9 Å². The first-order valence-electron chi connectivity index (χ1n) is 6.16. The summed E-state index contributed by atoms with van der Waals surface area (Å²) in [6.07, 6.45) is 0.515. The molecule has 1 fully saturated rings. The number of rotatable bonds is 4. The minimum Gasteiger partial charge on any atom is -0.484 e. The predicted molar refractivity (Wildman–Crippen MR) is 70.7 cm³/mol. The third kappa shape index (κ3) is 3.71. The molecule has 0 spiro atoms. The molecule has 1 unspecified atom stereocenters. The van der Waals surface area contributed by atoms with Crippen LogP contribution in [0.3, 0.4) is 0 Å². The van der Waals surface area contributed by atoms with Gasteiger partial charge in [-0.05, 0) is 18.6 Å². The summed E-state index contributed by atoms with van der Waals surface area (Å²) in [5, 5.41) is 4.68. The standard InChI is InChI=1S/C13H15N3O4/c14-8-2-1-3-9(6-8)20-7-12(18)15-10-4-5-11(17)16-13(10)19/h1-3,6,10H,4-5,7,14H2,(H,15,18)(H,16,17,19). The number of carbonyl (C=O) groups excluding carboxylic acids is 3. The van der Waals surface area contributed by atoms with Gasteiger partial charge in [0.05, 0.1) is 0 Å². The smallest absolute Gasteiger partial charge is 0.258 e. The van der Waals surface area contributed by atoms with Crippen LogP contribution in [0, 0.1) is 0 Å². The maximum absolute atomic E-state index is 11.7. The molecular weight excluding hydrogens is 262 g/mol. The lowest BCUT2D eigenvalue weighted by Gasteiger charge is -2.21. The highest BCUT2D eigenvalue weighted by Gasteiger charge is 2.27. The second-order valence-corrected chi connectivity index (χ2v) is 4.43. The molecule has 0 aliphatic carbocycles. The number of benzene rings is 1. The van der Waals surface area contributed by atoms with Gasteiger partial charge in [-0.1, -0.05) is 6.07 Å². The largest absolute Gasteiger partial charge is 0.484 e. The van der Waals surface area contributed by atoms with Crippen LogP contribution < -0.4 is 21.1 Å². The Balaban J connectivity index is 1.81. The molecule has 1 atom stereocenters. The van der Waals surface area contributed by atoms with E-state index in [-0.39, 0.29) is 18.9 Å². The van der Waals surface area contributed by atoms with Crippen LogP contribution in [0.1, 0.15) is 12.8 Å². The van der Waals surface area contributed by atoms with E-state index < -0.39 is 17.9 Å². The van der Waals surface area contributed by atoms with E-state index in [4.69, 9.17) is 10.5 Å². The van der Waals surface area contributed by atoms with Crippen molar-refractivity contribution in [3.63, 3.8) is 0 Å². The Morgan fingerprint density at radius 1 is 1.45 bits per heavy atom. The van der Waals surface area contributed by atoms with Crippen LogP contribution in [-0.4, -0.2) is 30.4 Å². The number of ether oxygens (including phenoxy) is 1. The van der Waals surface area contributed by atoms with E-state index in [9.17, 15) is 14.4 Å². The average molecular weight is 277 g/mol. The van der Waals surface area contributed by atoms with E-state index in [1.165, 1.54) is 0 Å². The van der Waals surface area contributed by atoms with Gasteiger partial charge in [-0.25, -0.2) is 0 Å². The lowest BCUT2D eigenvalue weighted by atomic mass is 10.1. The first-order chi connectivity index (χ1) is 9.54. The highest BCUT2D eigenvalue weighted by Crippen LogP contribution is 2.14. The average Bonchev–Trinajstić information content (AvgIpc) is 2.40. The molecule has 1 heterocycles. The summed E-state index contributed by atoms with van der Waals surface area (Å²) in [4.78, 5) is 34.1. The van der Waals surface area contributed by atoms with E-state index >= 15 is 0 Å². The molecule has 0 bridgehead atoms. The van der Waals surface area contributed by atoms with Crippen molar-refractivity contribution in [3.8, 4) is 5.75 Å². The molecule has 0 saturated carbocycles. The first-order valence-corrected chi connectivity index (χ1v) is 6.16. The number of nitrogens with one attached hydrogen (secondary N) is 2. The van der Waals surface area contributed by atoms with Crippen molar-refractivity contribution in [2.75, 3.05) is 12.3 Å². The summed E-state index contributed by atoms with van der Waals surface area (Å²) in [5.74, 6) is -0.764. The van der Waals surface area contributed by atoms with Crippen molar-refractivity contribution in [1.29, 1.82) is 0 Å². The lowest BCUT2D eigenvalue weighted by Crippen LogP contribution is -2.53. The normalized spacial score (nSPS) is 18.3. The maximum atomic E-state index is 11.7. The molecule has 0 radical (unpaired) electrons. The zero-order valence-electron chi connectivity index (χ0n) is 10.7. The summed E-state index contributed by atoms with van der Waals surface area (Å²) in [5.41, 5.74) is 6.12. The van der Waals surface area contributed by atoms with Crippen LogP contribution >= 0.6 is 0 Å². The van der Waals surface area contributed by atoms with E-state index in [1.807, 2.05) is 0 Å². The van der Waals surface area contributed by atoms with Crippen LogP contribution in [0.25, 0.3) is 0 Å². The number of imide groups is 1. The van der Waals surface area contributed by atoms with E-state index in [0.717, 1.165) is 0 Å². The van der Waals surface area contributed by atoms with Gasteiger partial charge in [0.15, 0.2) is 6.61 Å². The fourth-order valence-electron chi connectivity index (χ4n) is 1.82. The zero-order valence-corrected chi connectivity index (χ0v) is 10.7. The molecule has 1 aliphatic rings. The van der Waals surface area contributed by atoms with Crippen molar-refractivity contribution in [3.05, 3.63) is 24.3 Å². The van der Waals surface area contributed by atoms with Gasteiger partial charge in [-0.3, -0.25) is 19.7 Å². The highest BCUT2D eigenvalue weighted by atomic mass is 16.5. The molecule has 0 aromatic heterocycles. The van der Waals surface area contributed by atoms with E-state index in [1.54, 1.807) is 24.3 Å². The maximum Gasteiger partial charge on any atom is 0.258 e. The SMILES string of the molecule is Nc1cccc(OCC(=O)NC2CCC(=O)NC2=O)c1. The summed E-state index contributed by atoms with van der Waals surface area (Å²) in [7, 11) is 0. The van der Waals surface area contributed by atoms with Crippen molar-refractivity contribution >= 4 is 23.4 Å². The number of hydrogen-bond donors (Lipinski definition) is 3. The molecule has 1 aromatic carbocycles. The number of piperidine rings is 1. The van der Waals surface area contributed by atoms with Gasteiger partial charge in [-0.2, -0.15) is 0 Å². The van der Waals surface area contributed by atoms with Gasteiger partial charge in [0.25, 0.3) is 5.91 Å². The Morgan fingerprint density at radius 3 is 2.95 bits per heavy atom. The molecule has 7 nitrogen and oxygen atoms in total. The molecule has 1 aromatic rings. The van der Waals surface area contributed by atoms with Crippen molar-refractivity contribution in [1.82, 2.24) is 10.6 Å². The van der Waals surface area contributed by atoms with Crippen LogP contribution in [0.5, 0.6) is 5.75 Å². The summed E-state index contributed by atoms with van der Waals surface area (Å²) in [6.45, 7) is -0.221. The molecule has 20 heavy (non-hydrogen) atoms. The third-order valence-corrected chi connectivity index (χ3v) is 2.80. The summed E-state index contributed by atoms with van der Waals surface area (Å²) >= 11 is 0. The van der Waals surface area contributed by atoms with Gasteiger partial charge < -0.3 is 15.8 Å². The van der Waals surface area contributed by atoms with Crippen LogP contribution in [0.4, 0.5) is 5.69 Å². The quantitative estimate of drug-likeness (QED) is 0.511. The molecule has 1 saturated heterocycles. The Kier molecular flexibility index (Phi) is 4.19. The fourth-order valence-corrected chi connectivity index (χ4v) is 1.82. The van der Waals surface area contributed by atoms with Crippen LogP contribution in [0.15, 0.2) is 24.3 Å². The van der Waals surface area contributed by atoms with Gasteiger partial charge in [0.2, 0.25) is 11.8 Å². The van der Waals surface area contributed by atoms with E-state index in [0.29, 0.717) is 17.9 Å². The van der Waals surface area contributed by atoms with Gasteiger partial charge in [-0.15, -0.1) is 0 Å². The number of anilines is 1. The summed E-state index contributed by atoms with van der Waals surface area (Å²) in [6, 6.07) is 6.00.